The minimum atomic E-state index is -0.686. The number of aryl methyl sites for hydroxylation is 1. The third-order valence-electron chi connectivity index (χ3n) is 5.80. The Kier molecular flexibility index (Phi) is 6.25. The number of ketones is 1. The number of nitrogens with one attached hydrogen (secondary N) is 1. The van der Waals surface area contributed by atoms with Gasteiger partial charge in [-0.05, 0) is 51.3 Å². The third kappa shape index (κ3) is 3.99. The molecule has 0 unspecified atom stereocenters. The molecule has 1 fully saturated rings. The van der Waals surface area contributed by atoms with Crippen LogP contribution in [-0.2, 0) is 4.74 Å². The van der Waals surface area contributed by atoms with Crippen LogP contribution in [0.15, 0.2) is 22.8 Å². The number of esters is 1. The molecule has 2 heterocycles. The number of hydrogen-bond acceptors (Lipinski definition) is 5. The number of carbonyl (C=O) groups excluding carboxylic acids is 3. The van der Waals surface area contributed by atoms with Crippen LogP contribution in [-0.4, -0.2) is 46.7 Å². The second-order valence-corrected chi connectivity index (χ2v) is 7.64. The van der Waals surface area contributed by atoms with Gasteiger partial charge in [-0.25, -0.2) is 4.79 Å². The van der Waals surface area contributed by atoms with E-state index >= 15 is 0 Å². The maximum absolute atomic E-state index is 13.5. The van der Waals surface area contributed by atoms with Crippen LogP contribution in [0.3, 0.4) is 0 Å². The molecule has 29 heavy (non-hydrogen) atoms. The summed E-state index contributed by atoms with van der Waals surface area (Å²) in [5.74, 6) is -0.764. The first-order chi connectivity index (χ1) is 13.9. The van der Waals surface area contributed by atoms with Crippen LogP contribution in [0.5, 0.6) is 0 Å². The van der Waals surface area contributed by atoms with Crippen molar-refractivity contribution in [1.82, 2.24) is 9.88 Å². The number of amides is 1. The van der Waals surface area contributed by atoms with Crippen molar-refractivity contribution in [2.45, 2.75) is 65.0 Å². The molecular formula is C22H28N2O5. The third-order valence-corrected chi connectivity index (χ3v) is 5.80. The van der Waals surface area contributed by atoms with Crippen LogP contribution in [0.4, 0.5) is 0 Å². The van der Waals surface area contributed by atoms with Crippen LogP contribution in [0.25, 0.3) is 0 Å². The predicted molar refractivity (Wildman–Crippen MR) is 107 cm³/mol. The largest absolute Gasteiger partial charge is 0.464 e. The van der Waals surface area contributed by atoms with Crippen LogP contribution in [0.2, 0.25) is 0 Å². The second kappa shape index (κ2) is 8.68. The molecule has 0 aromatic carbocycles. The van der Waals surface area contributed by atoms with Gasteiger partial charge in [0, 0.05) is 17.3 Å². The van der Waals surface area contributed by atoms with Crippen LogP contribution in [0.1, 0.15) is 81.7 Å². The zero-order valence-electron chi connectivity index (χ0n) is 17.4. The number of nitrogens with zero attached hydrogens (tertiary/aromatic N) is 1. The molecule has 1 aliphatic carbocycles. The summed E-state index contributed by atoms with van der Waals surface area (Å²) in [6, 6.07) is 2.59. The lowest BCUT2D eigenvalue weighted by atomic mass is 9.91. The van der Waals surface area contributed by atoms with Crippen LogP contribution >= 0.6 is 0 Å². The Morgan fingerprint density at radius 1 is 1.21 bits per heavy atom. The van der Waals surface area contributed by atoms with Crippen molar-refractivity contribution in [1.29, 1.82) is 0 Å². The fourth-order valence-corrected chi connectivity index (χ4v) is 4.31. The van der Waals surface area contributed by atoms with E-state index in [1.54, 1.807) is 37.8 Å². The molecule has 3 rings (SSSR count). The van der Waals surface area contributed by atoms with E-state index in [2.05, 4.69) is 4.98 Å². The molecule has 2 aromatic rings. The Morgan fingerprint density at radius 3 is 2.48 bits per heavy atom. The molecule has 7 nitrogen and oxygen atoms in total. The van der Waals surface area contributed by atoms with E-state index < -0.39 is 12.0 Å². The number of rotatable bonds is 6. The fourth-order valence-electron chi connectivity index (χ4n) is 4.31. The summed E-state index contributed by atoms with van der Waals surface area (Å²) in [6.45, 7) is 5.22. The highest BCUT2D eigenvalue weighted by atomic mass is 16.5. The summed E-state index contributed by atoms with van der Waals surface area (Å²) < 4.78 is 10.1. The minimum absolute atomic E-state index is 0.0140. The maximum atomic E-state index is 13.5. The second-order valence-electron chi connectivity index (χ2n) is 7.64. The van der Waals surface area contributed by atoms with Crippen LogP contribution < -0.4 is 0 Å². The highest BCUT2D eigenvalue weighted by molar-refractivity contribution is 6.07. The first-order valence-corrected chi connectivity index (χ1v) is 10.0. The lowest BCUT2D eigenvalue weighted by molar-refractivity contribution is 0.0461. The number of hydrogen-bond donors (Lipinski definition) is 1. The summed E-state index contributed by atoms with van der Waals surface area (Å²) in [5, 5.41) is 0. The number of furan rings is 1. The van der Waals surface area contributed by atoms with Gasteiger partial charge >= 0.3 is 5.97 Å². The molecule has 0 bridgehead atoms. The zero-order chi connectivity index (χ0) is 21.1. The lowest BCUT2D eigenvalue weighted by Gasteiger charge is -2.37. The van der Waals surface area contributed by atoms with Crippen molar-refractivity contribution in [2.24, 2.45) is 0 Å². The minimum Gasteiger partial charge on any atom is -0.464 e. The van der Waals surface area contributed by atoms with Crippen molar-refractivity contribution in [3.63, 3.8) is 0 Å². The monoisotopic (exact) mass is 400 g/mol. The first-order valence-electron chi connectivity index (χ1n) is 10.0. The van der Waals surface area contributed by atoms with E-state index in [4.69, 9.17) is 9.15 Å². The van der Waals surface area contributed by atoms with E-state index in [1.165, 1.54) is 13.4 Å². The molecule has 0 aliphatic heterocycles. The average Bonchev–Trinajstić information content (AvgIpc) is 3.36. The summed E-state index contributed by atoms with van der Waals surface area (Å²) in [7, 11) is 1.30. The van der Waals surface area contributed by atoms with Gasteiger partial charge in [-0.3, -0.25) is 9.59 Å². The Bertz CT molecular complexity index is 891. The van der Waals surface area contributed by atoms with Crippen molar-refractivity contribution in [3.05, 3.63) is 46.7 Å². The van der Waals surface area contributed by atoms with Gasteiger partial charge in [-0.1, -0.05) is 19.3 Å². The van der Waals surface area contributed by atoms with Crippen molar-refractivity contribution in [3.8, 4) is 0 Å². The molecule has 0 radical (unpaired) electrons. The Hall–Kier alpha value is -2.83. The predicted octanol–water partition coefficient (Wildman–Crippen LogP) is 4.06. The van der Waals surface area contributed by atoms with Gasteiger partial charge < -0.3 is 19.0 Å². The number of ether oxygens (including phenoxy) is 1. The van der Waals surface area contributed by atoms with E-state index in [0.29, 0.717) is 16.8 Å². The van der Waals surface area contributed by atoms with E-state index in [9.17, 15) is 14.4 Å². The summed E-state index contributed by atoms with van der Waals surface area (Å²) in [4.78, 5) is 43.3. The maximum Gasteiger partial charge on any atom is 0.354 e. The number of aromatic nitrogens is 1. The fraction of sp³-hybridized carbons (Fsp3) is 0.500. The van der Waals surface area contributed by atoms with Gasteiger partial charge in [0.1, 0.15) is 5.69 Å². The highest BCUT2D eigenvalue weighted by Crippen LogP contribution is 2.29. The number of carbonyl (C=O) groups is 3. The smallest absolute Gasteiger partial charge is 0.354 e. The Labute approximate surface area is 170 Å². The quantitative estimate of drug-likeness (QED) is 0.583. The number of H-pyrrole nitrogens is 1. The number of Topliss-reactive ketones (excluding diaryl/α,β-unsaturated/α-hetero) is 1. The van der Waals surface area contributed by atoms with Gasteiger partial charge in [0.25, 0.3) is 5.91 Å². The topological polar surface area (TPSA) is 92.6 Å². The van der Waals surface area contributed by atoms with E-state index in [0.717, 1.165) is 32.1 Å². The molecule has 1 amide bonds. The van der Waals surface area contributed by atoms with Gasteiger partial charge in [0.15, 0.2) is 11.5 Å². The molecule has 7 heteroatoms. The van der Waals surface area contributed by atoms with Crippen LogP contribution in [0, 0.1) is 13.8 Å². The number of methoxy groups -OCH3 is 1. The van der Waals surface area contributed by atoms with Crippen molar-refractivity contribution >= 4 is 17.7 Å². The molecule has 156 valence electrons. The van der Waals surface area contributed by atoms with E-state index in [1.807, 2.05) is 0 Å². The Balaban J connectivity index is 1.96. The summed E-state index contributed by atoms with van der Waals surface area (Å²) in [6.07, 6.45) is 6.39. The molecule has 0 spiro atoms. The molecule has 1 saturated carbocycles. The molecule has 1 atom stereocenters. The van der Waals surface area contributed by atoms with Gasteiger partial charge in [-0.2, -0.15) is 0 Å². The molecule has 2 aromatic heterocycles. The lowest BCUT2D eigenvalue weighted by Crippen LogP contribution is -2.50. The zero-order valence-corrected chi connectivity index (χ0v) is 17.4. The van der Waals surface area contributed by atoms with Gasteiger partial charge in [-0.15, -0.1) is 0 Å². The highest BCUT2D eigenvalue weighted by Gasteiger charge is 2.36. The van der Waals surface area contributed by atoms with Crippen molar-refractivity contribution < 1.29 is 23.5 Å². The molecular weight excluding hydrogens is 372 g/mol. The molecule has 0 saturated heterocycles. The summed E-state index contributed by atoms with van der Waals surface area (Å²) >= 11 is 0. The van der Waals surface area contributed by atoms with Crippen molar-refractivity contribution in [2.75, 3.05) is 7.11 Å². The standard InChI is InChI=1S/C22H28N2O5/c1-13-18(14(2)23-19(13)22(27)28-4)20(25)15(3)24(16-9-6-5-7-10-16)21(26)17-11-8-12-29-17/h8,11-12,15-16,23H,5-7,9-10H2,1-4H3/t15-/m0/s1. The Morgan fingerprint density at radius 2 is 1.90 bits per heavy atom. The SMILES string of the molecule is COC(=O)c1[nH]c(C)c(C(=O)[C@H](C)N(C(=O)c2ccco2)C2CCCCC2)c1C. The first kappa shape index (κ1) is 20.9. The van der Waals surface area contributed by atoms with Gasteiger partial charge in [0.2, 0.25) is 0 Å². The normalized spacial score (nSPS) is 15.7. The number of aromatic amines is 1. The van der Waals surface area contributed by atoms with Gasteiger partial charge in [0.05, 0.1) is 19.4 Å². The average molecular weight is 400 g/mol. The van der Waals surface area contributed by atoms with E-state index in [-0.39, 0.29) is 29.2 Å². The summed E-state index contributed by atoms with van der Waals surface area (Å²) in [5.41, 5.74) is 1.84. The molecule has 1 aliphatic rings. The molecule has 1 N–H and O–H groups in total.